The van der Waals surface area contributed by atoms with Crippen LogP contribution in [0.3, 0.4) is 0 Å². The molecule has 16 heavy (non-hydrogen) atoms. The van der Waals surface area contributed by atoms with Crippen molar-refractivity contribution in [3.8, 4) is 0 Å². The summed E-state index contributed by atoms with van der Waals surface area (Å²) in [6, 6.07) is 5.17. The molecule has 0 saturated carbocycles. The predicted octanol–water partition coefficient (Wildman–Crippen LogP) is 3.27. The molecule has 3 nitrogen and oxygen atoms in total. The quantitative estimate of drug-likeness (QED) is 0.880. The number of aromatic carboxylic acids is 1. The van der Waals surface area contributed by atoms with Crippen molar-refractivity contribution in [2.24, 2.45) is 0 Å². The zero-order valence-corrected chi connectivity index (χ0v) is 10.5. The third-order valence-electron chi connectivity index (χ3n) is 2.83. The maximum Gasteiger partial charge on any atom is 0.335 e. The highest BCUT2D eigenvalue weighted by atomic mass is 35.5. The molecule has 0 spiro atoms. The Balaban J connectivity index is 3.03. The van der Waals surface area contributed by atoms with Crippen molar-refractivity contribution in [1.82, 2.24) is 0 Å². The highest BCUT2D eigenvalue weighted by Crippen LogP contribution is 2.27. The lowest BCUT2D eigenvalue weighted by Crippen LogP contribution is -2.28. The van der Waals surface area contributed by atoms with Gasteiger partial charge in [-0.15, -0.1) is 0 Å². The maximum absolute atomic E-state index is 10.8. The predicted molar refractivity (Wildman–Crippen MR) is 66.6 cm³/mol. The van der Waals surface area contributed by atoms with Crippen LogP contribution in [0.1, 0.15) is 30.6 Å². The van der Waals surface area contributed by atoms with Gasteiger partial charge in [-0.3, -0.25) is 0 Å². The molecule has 88 valence electrons. The molecule has 1 rings (SSSR count). The Morgan fingerprint density at radius 1 is 1.56 bits per heavy atom. The van der Waals surface area contributed by atoms with Gasteiger partial charge >= 0.3 is 5.97 Å². The second kappa shape index (κ2) is 5.21. The molecule has 1 atom stereocenters. The third-order valence-corrected chi connectivity index (χ3v) is 3.13. The summed E-state index contributed by atoms with van der Waals surface area (Å²) in [6.45, 7) is 4.20. The van der Waals surface area contributed by atoms with Gasteiger partial charge in [-0.2, -0.15) is 0 Å². The van der Waals surface area contributed by atoms with Crippen LogP contribution in [-0.4, -0.2) is 24.2 Å². The Labute approximate surface area is 101 Å². The van der Waals surface area contributed by atoms with Crippen molar-refractivity contribution in [1.29, 1.82) is 0 Å². The van der Waals surface area contributed by atoms with Crippen molar-refractivity contribution >= 4 is 23.3 Å². The minimum atomic E-state index is -0.959. The summed E-state index contributed by atoms with van der Waals surface area (Å²) in [4.78, 5) is 12.8. The first-order valence-corrected chi connectivity index (χ1v) is 5.60. The Hall–Kier alpha value is -1.22. The van der Waals surface area contributed by atoms with Crippen LogP contribution in [0.4, 0.5) is 5.69 Å². The molecule has 0 fully saturated rings. The average molecular weight is 242 g/mol. The Kier molecular flexibility index (Phi) is 4.19. The number of anilines is 1. The number of carboxylic acids is 1. The molecule has 0 amide bonds. The van der Waals surface area contributed by atoms with E-state index >= 15 is 0 Å². The standard InChI is InChI=1S/C12H16ClNO2/c1-4-8(2)14(3)11-6-5-9(12(15)16)7-10(11)13/h5-8H,4H2,1-3H3,(H,15,16). The lowest BCUT2D eigenvalue weighted by Gasteiger charge is -2.27. The minimum absolute atomic E-state index is 0.214. The molecule has 1 unspecified atom stereocenters. The zero-order chi connectivity index (χ0) is 12.3. The fraction of sp³-hybridized carbons (Fsp3) is 0.417. The van der Waals surface area contributed by atoms with Crippen LogP contribution in [0.25, 0.3) is 0 Å². The highest BCUT2D eigenvalue weighted by molar-refractivity contribution is 6.33. The lowest BCUT2D eigenvalue weighted by molar-refractivity contribution is 0.0697. The van der Waals surface area contributed by atoms with Gasteiger partial charge in [-0.05, 0) is 31.5 Å². The molecule has 0 aliphatic rings. The summed E-state index contributed by atoms with van der Waals surface area (Å²) in [5, 5.41) is 9.30. The first-order valence-electron chi connectivity index (χ1n) is 5.23. The summed E-state index contributed by atoms with van der Waals surface area (Å²) >= 11 is 6.06. The molecule has 1 aromatic carbocycles. The van der Waals surface area contributed by atoms with E-state index in [1.165, 1.54) is 6.07 Å². The molecular weight excluding hydrogens is 226 g/mol. The second-order valence-electron chi connectivity index (χ2n) is 3.84. The van der Waals surface area contributed by atoms with Gasteiger partial charge in [0.15, 0.2) is 0 Å². The van der Waals surface area contributed by atoms with Crippen molar-refractivity contribution in [3.05, 3.63) is 28.8 Å². The van der Waals surface area contributed by atoms with Gasteiger partial charge in [0.05, 0.1) is 16.3 Å². The number of nitrogens with zero attached hydrogens (tertiary/aromatic N) is 1. The van der Waals surface area contributed by atoms with Gasteiger partial charge in [0, 0.05) is 13.1 Å². The molecule has 0 bridgehead atoms. The maximum atomic E-state index is 10.8. The Morgan fingerprint density at radius 2 is 2.19 bits per heavy atom. The zero-order valence-electron chi connectivity index (χ0n) is 9.70. The van der Waals surface area contributed by atoms with Crippen LogP contribution in [0.5, 0.6) is 0 Å². The number of carbonyl (C=O) groups is 1. The van der Waals surface area contributed by atoms with Crippen LogP contribution in [-0.2, 0) is 0 Å². The molecule has 0 aliphatic carbocycles. The molecule has 1 N–H and O–H groups in total. The number of hydrogen-bond donors (Lipinski definition) is 1. The molecule has 0 aliphatic heterocycles. The lowest BCUT2D eigenvalue weighted by atomic mass is 10.1. The van der Waals surface area contributed by atoms with E-state index in [0.717, 1.165) is 12.1 Å². The van der Waals surface area contributed by atoms with Gasteiger partial charge in [0.1, 0.15) is 0 Å². The van der Waals surface area contributed by atoms with Crippen molar-refractivity contribution < 1.29 is 9.90 Å². The fourth-order valence-corrected chi connectivity index (χ4v) is 1.75. The van der Waals surface area contributed by atoms with E-state index in [1.54, 1.807) is 12.1 Å². The van der Waals surface area contributed by atoms with Crippen LogP contribution in [0.2, 0.25) is 5.02 Å². The monoisotopic (exact) mass is 241 g/mol. The van der Waals surface area contributed by atoms with Crippen LogP contribution in [0, 0.1) is 0 Å². The van der Waals surface area contributed by atoms with E-state index in [2.05, 4.69) is 13.8 Å². The average Bonchev–Trinajstić information content (AvgIpc) is 2.26. The first-order chi connectivity index (χ1) is 7.47. The SMILES string of the molecule is CCC(C)N(C)c1ccc(C(=O)O)cc1Cl. The molecular formula is C12H16ClNO2. The molecule has 0 heterocycles. The summed E-state index contributed by atoms with van der Waals surface area (Å²) in [5.74, 6) is -0.959. The molecule has 1 aromatic rings. The van der Waals surface area contributed by atoms with Crippen LogP contribution < -0.4 is 4.90 Å². The van der Waals surface area contributed by atoms with Gasteiger partial charge in [-0.1, -0.05) is 18.5 Å². The molecule has 0 radical (unpaired) electrons. The summed E-state index contributed by atoms with van der Waals surface area (Å²) < 4.78 is 0. The van der Waals surface area contributed by atoms with E-state index in [0.29, 0.717) is 11.1 Å². The first kappa shape index (κ1) is 12.8. The van der Waals surface area contributed by atoms with Crippen molar-refractivity contribution in [2.75, 3.05) is 11.9 Å². The largest absolute Gasteiger partial charge is 0.478 e. The third kappa shape index (κ3) is 2.67. The second-order valence-corrected chi connectivity index (χ2v) is 4.25. The summed E-state index contributed by atoms with van der Waals surface area (Å²) in [7, 11) is 1.95. The van der Waals surface area contributed by atoms with E-state index < -0.39 is 5.97 Å². The number of benzene rings is 1. The smallest absolute Gasteiger partial charge is 0.335 e. The molecule has 0 saturated heterocycles. The Morgan fingerprint density at radius 3 is 2.62 bits per heavy atom. The van der Waals surface area contributed by atoms with Gasteiger partial charge in [0.25, 0.3) is 0 Å². The Bertz CT molecular complexity index is 393. The van der Waals surface area contributed by atoms with Crippen molar-refractivity contribution in [2.45, 2.75) is 26.3 Å². The van der Waals surface area contributed by atoms with Gasteiger partial charge < -0.3 is 10.0 Å². The van der Waals surface area contributed by atoms with Gasteiger partial charge in [-0.25, -0.2) is 4.79 Å². The van der Waals surface area contributed by atoms with Crippen molar-refractivity contribution in [3.63, 3.8) is 0 Å². The van der Waals surface area contributed by atoms with E-state index in [-0.39, 0.29) is 5.56 Å². The van der Waals surface area contributed by atoms with Gasteiger partial charge in [0.2, 0.25) is 0 Å². The van der Waals surface area contributed by atoms with E-state index in [1.807, 2.05) is 11.9 Å². The van der Waals surface area contributed by atoms with E-state index in [4.69, 9.17) is 16.7 Å². The fourth-order valence-electron chi connectivity index (χ4n) is 1.44. The molecule has 4 heteroatoms. The van der Waals surface area contributed by atoms with Crippen LogP contribution >= 0.6 is 11.6 Å². The number of rotatable bonds is 4. The topological polar surface area (TPSA) is 40.5 Å². The normalized spacial score (nSPS) is 12.2. The summed E-state index contributed by atoms with van der Waals surface area (Å²) in [6.07, 6.45) is 1.01. The van der Waals surface area contributed by atoms with E-state index in [9.17, 15) is 4.79 Å². The number of carboxylic acid groups (broad SMARTS) is 1. The molecule has 0 aromatic heterocycles. The number of hydrogen-bond acceptors (Lipinski definition) is 2. The van der Waals surface area contributed by atoms with Crippen LogP contribution in [0.15, 0.2) is 18.2 Å². The minimum Gasteiger partial charge on any atom is -0.478 e. The summed E-state index contributed by atoms with van der Waals surface area (Å²) in [5.41, 5.74) is 1.08. The number of halogens is 1. The highest BCUT2D eigenvalue weighted by Gasteiger charge is 2.13.